The van der Waals surface area contributed by atoms with Crippen LogP contribution in [0.1, 0.15) is 58.8 Å². The third kappa shape index (κ3) is 4.98. The number of rotatable bonds is 6. The summed E-state index contributed by atoms with van der Waals surface area (Å²) < 4.78 is 5.34. The Hall–Kier alpha value is -2.54. The second-order valence-electron chi connectivity index (χ2n) is 6.92. The Morgan fingerprint density at radius 2 is 1.92 bits per heavy atom. The molecule has 26 heavy (non-hydrogen) atoms. The normalized spacial score (nSPS) is 12.5. The second kappa shape index (κ2) is 8.23. The number of ether oxygens (including phenoxy) is 1. The molecule has 1 unspecified atom stereocenters. The van der Waals surface area contributed by atoms with E-state index in [1.165, 1.54) is 18.2 Å². The molecule has 6 nitrogen and oxygen atoms in total. The van der Waals surface area contributed by atoms with E-state index < -0.39 is 12.2 Å². The molecule has 0 aliphatic rings. The summed E-state index contributed by atoms with van der Waals surface area (Å²) >= 11 is 0. The molecule has 0 aliphatic carbocycles. The molecule has 0 radical (unpaired) electrons. The molecule has 2 rings (SSSR count). The molecule has 2 aromatic carbocycles. The average Bonchev–Trinajstić information content (AvgIpc) is 2.60. The molecule has 3 N–H and O–H groups in total. The van der Waals surface area contributed by atoms with Gasteiger partial charge in [-0.05, 0) is 44.5 Å². The number of benzene rings is 2. The van der Waals surface area contributed by atoms with Gasteiger partial charge in [0.1, 0.15) is 12.0 Å². The summed E-state index contributed by atoms with van der Waals surface area (Å²) in [5.41, 5.74) is 0.961. The summed E-state index contributed by atoms with van der Waals surface area (Å²) in [5, 5.41) is 22.9. The SMILES string of the molecule is CC(C)(C)NC(O)c1ccc(OC(=O)c2ccccc2C=O)c(CO)c1. The zero-order valence-corrected chi connectivity index (χ0v) is 15.0. The summed E-state index contributed by atoms with van der Waals surface area (Å²) in [7, 11) is 0. The number of carbonyl (C=O) groups is 2. The smallest absolute Gasteiger partial charge is 0.344 e. The van der Waals surface area contributed by atoms with Crippen molar-refractivity contribution in [3.8, 4) is 5.75 Å². The molecule has 2 aromatic rings. The highest BCUT2D eigenvalue weighted by molar-refractivity contribution is 5.99. The number of aliphatic hydroxyl groups is 2. The molecule has 6 heteroatoms. The van der Waals surface area contributed by atoms with Crippen LogP contribution in [0.2, 0.25) is 0 Å². The molecule has 1 atom stereocenters. The van der Waals surface area contributed by atoms with Crippen molar-refractivity contribution < 1.29 is 24.5 Å². The van der Waals surface area contributed by atoms with Crippen LogP contribution in [0.4, 0.5) is 0 Å². The molecule has 0 fully saturated rings. The van der Waals surface area contributed by atoms with Crippen LogP contribution in [0.3, 0.4) is 0 Å². The Morgan fingerprint density at radius 1 is 1.23 bits per heavy atom. The predicted octanol–water partition coefficient (Wildman–Crippen LogP) is 2.59. The molecule has 0 spiro atoms. The minimum atomic E-state index is -0.930. The zero-order chi connectivity index (χ0) is 19.3. The molecular formula is C20H23NO5. The van der Waals surface area contributed by atoms with E-state index >= 15 is 0 Å². The first-order valence-corrected chi connectivity index (χ1v) is 8.21. The fourth-order valence-corrected chi connectivity index (χ4v) is 2.43. The number of hydrogen-bond donors (Lipinski definition) is 3. The largest absolute Gasteiger partial charge is 0.423 e. The summed E-state index contributed by atoms with van der Waals surface area (Å²) in [6, 6.07) is 11.0. The summed E-state index contributed by atoms with van der Waals surface area (Å²) in [6.07, 6.45) is -0.345. The Balaban J connectivity index is 2.25. The van der Waals surface area contributed by atoms with Crippen molar-refractivity contribution in [1.29, 1.82) is 0 Å². The van der Waals surface area contributed by atoms with Crippen LogP contribution in [0.25, 0.3) is 0 Å². The number of aliphatic hydroxyl groups excluding tert-OH is 2. The van der Waals surface area contributed by atoms with E-state index in [-0.39, 0.29) is 29.0 Å². The van der Waals surface area contributed by atoms with E-state index in [0.29, 0.717) is 17.4 Å². The average molecular weight is 357 g/mol. The summed E-state index contributed by atoms with van der Waals surface area (Å²) in [4.78, 5) is 23.4. The fourth-order valence-electron chi connectivity index (χ4n) is 2.43. The highest BCUT2D eigenvalue weighted by Gasteiger charge is 2.19. The van der Waals surface area contributed by atoms with E-state index in [0.717, 1.165) is 0 Å². The maximum absolute atomic E-state index is 12.3. The molecule has 0 heterocycles. The van der Waals surface area contributed by atoms with Gasteiger partial charge >= 0.3 is 5.97 Å². The first-order valence-electron chi connectivity index (χ1n) is 8.21. The Labute approximate surface area is 152 Å². The minimum Gasteiger partial charge on any atom is -0.423 e. The summed E-state index contributed by atoms with van der Waals surface area (Å²) in [6.45, 7) is 5.39. The van der Waals surface area contributed by atoms with Gasteiger partial charge in [0.25, 0.3) is 0 Å². The first kappa shape index (κ1) is 19.8. The number of esters is 1. The van der Waals surface area contributed by atoms with Crippen LogP contribution in [0.5, 0.6) is 5.75 Å². The quantitative estimate of drug-likeness (QED) is 0.318. The molecule has 0 bridgehead atoms. The van der Waals surface area contributed by atoms with E-state index in [1.807, 2.05) is 20.8 Å². The molecule has 0 saturated carbocycles. The molecule has 0 aromatic heterocycles. The van der Waals surface area contributed by atoms with Gasteiger partial charge in [-0.1, -0.05) is 24.3 Å². The highest BCUT2D eigenvalue weighted by atomic mass is 16.5. The van der Waals surface area contributed by atoms with Crippen molar-refractivity contribution in [3.05, 3.63) is 64.7 Å². The lowest BCUT2D eigenvalue weighted by molar-refractivity contribution is 0.0727. The van der Waals surface area contributed by atoms with Crippen LogP contribution >= 0.6 is 0 Å². The first-order chi connectivity index (χ1) is 12.2. The van der Waals surface area contributed by atoms with Crippen molar-refractivity contribution in [2.75, 3.05) is 0 Å². The maximum atomic E-state index is 12.3. The van der Waals surface area contributed by atoms with Gasteiger partial charge in [0, 0.05) is 16.7 Å². The van der Waals surface area contributed by atoms with Gasteiger partial charge in [0.15, 0.2) is 6.29 Å². The van der Waals surface area contributed by atoms with Crippen molar-refractivity contribution in [2.24, 2.45) is 0 Å². The molecule has 0 saturated heterocycles. The Morgan fingerprint density at radius 3 is 2.54 bits per heavy atom. The molecule has 0 aliphatic heterocycles. The van der Waals surface area contributed by atoms with Crippen LogP contribution in [-0.4, -0.2) is 28.0 Å². The predicted molar refractivity (Wildman–Crippen MR) is 97.0 cm³/mol. The van der Waals surface area contributed by atoms with Crippen LogP contribution in [-0.2, 0) is 6.61 Å². The van der Waals surface area contributed by atoms with Gasteiger partial charge in [0.2, 0.25) is 0 Å². The number of aldehydes is 1. The monoisotopic (exact) mass is 357 g/mol. The van der Waals surface area contributed by atoms with Gasteiger partial charge in [-0.3, -0.25) is 10.1 Å². The molecule has 0 amide bonds. The lowest BCUT2D eigenvalue weighted by Crippen LogP contribution is -2.38. The van der Waals surface area contributed by atoms with Crippen LogP contribution in [0.15, 0.2) is 42.5 Å². The van der Waals surface area contributed by atoms with Gasteiger partial charge < -0.3 is 14.9 Å². The maximum Gasteiger partial charge on any atom is 0.344 e. The molecular weight excluding hydrogens is 334 g/mol. The summed E-state index contributed by atoms with van der Waals surface area (Å²) in [5.74, 6) is -0.520. The van der Waals surface area contributed by atoms with E-state index in [1.54, 1.807) is 24.3 Å². The van der Waals surface area contributed by atoms with Crippen molar-refractivity contribution in [2.45, 2.75) is 39.1 Å². The van der Waals surface area contributed by atoms with E-state index in [2.05, 4.69) is 5.32 Å². The Kier molecular flexibility index (Phi) is 6.26. The third-order valence-corrected chi connectivity index (χ3v) is 3.65. The molecule has 138 valence electrons. The number of carbonyl (C=O) groups excluding carboxylic acids is 2. The lowest BCUT2D eigenvalue weighted by atomic mass is 10.0. The second-order valence-corrected chi connectivity index (χ2v) is 6.92. The van der Waals surface area contributed by atoms with Crippen LogP contribution in [0, 0.1) is 0 Å². The van der Waals surface area contributed by atoms with Crippen molar-refractivity contribution in [3.63, 3.8) is 0 Å². The van der Waals surface area contributed by atoms with Gasteiger partial charge in [0.05, 0.1) is 12.2 Å². The van der Waals surface area contributed by atoms with E-state index in [4.69, 9.17) is 4.74 Å². The fraction of sp³-hybridized carbons (Fsp3) is 0.300. The van der Waals surface area contributed by atoms with Crippen molar-refractivity contribution >= 4 is 12.3 Å². The topological polar surface area (TPSA) is 95.9 Å². The highest BCUT2D eigenvalue weighted by Crippen LogP contribution is 2.25. The lowest BCUT2D eigenvalue weighted by Gasteiger charge is -2.25. The Bertz CT molecular complexity index is 795. The van der Waals surface area contributed by atoms with Gasteiger partial charge in [-0.2, -0.15) is 0 Å². The third-order valence-electron chi connectivity index (χ3n) is 3.65. The van der Waals surface area contributed by atoms with Crippen molar-refractivity contribution in [1.82, 2.24) is 5.32 Å². The number of hydrogen-bond acceptors (Lipinski definition) is 6. The van der Waals surface area contributed by atoms with Gasteiger partial charge in [-0.25, -0.2) is 4.79 Å². The zero-order valence-electron chi connectivity index (χ0n) is 15.0. The van der Waals surface area contributed by atoms with Gasteiger partial charge in [-0.15, -0.1) is 0 Å². The standard InChI is InChI=1S/C20H23NO5/c1-20(2,3)21-18(24)13-8-9-17(15(10-13)12-23)26-19(25)16-7-5-4-6-14(16)11-22/h4-11,18,21,23-24H,12H2,1-3H3. The van der Waals surface area contributed by atoms with Crippen LogP contribution < -0.4 is 10.1 Å². The minimum absolute atomic E-state index is 0.143. The van der Waals surface area contributed by atoms with E-state index in [9.17, 15) is 19.8 Å². The number of nitrogens with one attached hydrogen (secondary N) is 1.